The van der Waals surface area contributed by atoms with E-state index in [1.165, 1.54) is 6.92 Å². The number of benzene rings is 1. The Morgan fingerprint density at radius 3 is 2.50 bits per heavy atom. The number of carbonyl (C=O) groups excluding carboxylic acids is 2. The first-order valence-electron chi connectivity index (χ1n) is 15.4. The van der Waals surface area contributed by atoms with Gasteiger partial charge in [-0.05, 0) is 44.4 Å². The fraction of sp³-hybridized carbons (Fsp3) is 0.750. The number of carbonyl (C=O) groups is 2. The van der Waals surface area contributed by atoms with Gasteiger partial charge in [-0.3, -0.25) is 9.69 Å². The Labute approximate surface area is 247 Å². The molecule has 1 aromatic carbocycles. The predicted octanol–water partition coefficient (Wildman–Crippen LogP) is 2.22. The van der Waals surface area contributed by atoms with E-state index in [0.717, 1.165) is 0 Å². The molecule has 6 aliphatic rings. The molecule has 1 saturated heterocycles. The lowest BCUT2D eigenvalue weighted by molar-refractivity contribution is -0.337. The molecule has 3 N–H and O–H groups in total. The van der Waals surface area contributed by atoms with Crippen molar-refractivity contribution in [2.75, 3.05) is 39.7 Å². The number of likely N-dealkylation sites (N-methyl/N-ethyl adjacent to an activating group) is 1. The summed E-state index contributed by atoms with van der Waals surface area (Å²) in [5.74, 6) is -1.54. The molecular formula is C32H44N2O8. The maximum absolute atomic E-state index is 14.0. The summed E-state index contributed by atoms with van der Waals surface area (Å²) in [7, 11) is 5.05. The number of nitrogens with zero attached hydrogens (tertiary/aromatic N) is 1. The Morgan fingerprint density at radius 1 is 1.07 bits per heavy atom. The van der Waals surface area contributed by atoms with Crippen molar-refractivity contribution in [1.82, 2.24) is 4.90 Å². The number of aliphatic hydroxyl groups is 2. The molecule has 2 unspecified atom stereocenters. The van der Waals surface area contributed by atoms with Crippen molar-refractivity contribution in [2.24, 2.45) is 29.1 Å². The van der Waals surface area contributed by atoms with Gasteiger partial charge in [-0.15, -0.1) is 0 Å². The third kappa shape index (κ3) is 3.21. The van der Waals surface area contributed by atoms with Gasteiger partial charge in [0.1, 0.15) is 16.8 Å². The second kappa shape index (κ2) is 9.46. The van der Waals surface area contributed by atoms with E-state index in [1.807, 2.05) is 0 Å². The number of likely N-dealkylation sites (tertiary alicyclic amines) is 1. The van der Waals surface area contributed by atoms with Gasteiger partial charge in [0.05, 0.1) is 29.6 Å². The number of hydrogen-bond acceptors (Lipinski definition) is 9. The van der Waals surface area contributed by atoms with Gasteiger partial charge in [-0.25, -0.2) is 4.79 Å². The van der Waals surface area contributed by atoms with Crippen LogP contribution in [0.5, 0.6) is 0 Å². The van der Waals surface area contributed by atoms with E-state index < -0.39 is 34.3 Å². The minimum absolute atomic E-state index is 0.0432. The standard InChI is InChI=1S/C32H44N2O8/c1-6-34-16-29(42-28(36)18-9-7-8-10-21(18)33-17(2)35)12-11-25(40-4)31-23(29)14-20(26(31)34)30(37)15-22(39-3)19-13-24(31)32(30,38)27(19)41-5/h7-10,19-20,22-27,37-38H,6,11-16H2,1-5H3,(H,33,35)/t19-,20?,22+,23-,24+,25+,26?,27+,29-,30+,31+,32+/m1/s1. The number of para-hydroxylation sites is 1. The number of amides is 1. The van der Waals surface area contributed by atoms with E-state index in [-0.39, 0.29) is 47.8 Å². The van der Waals surface area contributed by atoms with Crippen molar-refractivity contribution in [2.45, 2.75) is 87.1 Å². The van der Waals surface area contributed by atoms with Gasteiger partial charge in [0.15, 0.2) is 0 Å². The summed E-state index contributed by atoms with van der Waals surface area (Å²) in [6.45, 7) is 4.79. The number of hydrogen-bond donors (Lipinski definition) is 3. The Hall–Kier alpha value is -2.08. The summed E-state index contributed by atoms with van der Waals surface area (Å²) in [5, 5.41) is 28.4. The first-order chi connectivity index (χ1) is 20.1. The highest BCUT2D eigenvalue weighted by Crippen LogP contribution is 2.79. The smallest absolute Gasteiger partial charge is 0.340 e. The maximum Gasteiger partial charge on any atom is 0.340 e. The Bertz CT molecular complexity index is 1290. The fourth-order valence-electron chi connectivity index (χ4n) is 11.6. The molecule has 1 aromatic rings. The van der Waals surface area contributed by atoms with Crippen LogP contribution in [0.4, 0.5) is 5.69 Å². The number of nitrogens with one attached hydrogen (secondary N) is 1. The minimum Gasteiger partial charge on any atom is -0.454 e. The molecule has 230 valence electrons. The third-order valence-electron chi connectivity index (χ3n) is 12.6. The molecule has 7 rings (SSSR count). The molecule has 1 aliphatic heterocycles. The van der Waals surface area contributed by atoms with Crippen LogP contribution in [0.15, 0.2) is 24.3 Å². The molecule has 1 heterocycles. The molecule has 1 amide bonds. The van der Waals surface area contributed by atoms with Gasteiger partial charge in [0.25, 0.3) is 0 Å². The predicted molar refractivity (Wildman–Crippen MR) is 152 cm³/mol. The topological polar surface area (TPSA) is 127 Å². The Kier molecular flexibility index (Phi) is 6.46. The van der Waals surface area contributed by atoms with Crippen LogP contribution in [0.2, 0.25) is 0 Å². The normalized spacial score (nSPS) is 48.2. The van der Waals surface area contributed by atoms with Crippen molar-refractivity contribution < 1.29 is 38.7 Å². The summed E-state index contributed by atoms with van der Waals surface area (Å²) in [6, 6.07) is 6.89. The van der Waals surface area contributed by atoms with Gasteiger partial charge in [-0.2, -0.15) is 0 Å². The molecule has 1 spiro atoms. The van der Waals surface area contributed by atoms with Gasteiger partial charge >= 0.3 is 5.97 Å². The van der Waals surface area contributed by atoms with E-state index >= 15 is 0 Å². The van der Waals surface area contributed by atoms with Crippen LogP contribution >= 0.6 is 0 Å². The third-order valence-corrected chi connectivity index (χ3v) is 12.6. The second-order valence-electron chi connectivity index (χ2n) is 13.7. The van der Waals surface area contributed by atoms with Crippen LogP contribution < -0.4 is 5.32 Å². The van der Waals surface area contributed by atoms with Gasteiger partial charge in [0, 0.05) is 76.3 Å². The number of rotatable bonds is 7. The number of piperidine rings is 1. The largest absolute Gasteiger partial charge is 0.454 e. The van der Waals surface area contributed by atoms with Crippen LogP contribution in [-0.4, -0.2) is 103 Å². The second-order valence-corrected chi connectivity index (χ2v) is 13.7. The summed E-state index contributed by atoms with van der Waals surface area (Å²) >= 11 is 0. The minimum atomic E-state index is -1.48. The molecule has 10 nitrogen and oxygen atoms in total. The van der Waals surface area contributed by atoms with Crippen molar-refractivity contribution in [3.63, 3.8) is 0 Å². The number of methoxy groups -OCH3 is 3. The molecule has 5 saturated carbocycles. The van der Waals surface area contributed by atoms with Crippen molar-refractivity contribution in [3.8, 4) is 0 Å². The Morgan fingerprint density at radius 2 is 1.83 bits per heavy atom. The summed E-state index contributed by atoms with van der Waals surface area (Å²) < 4.78 is 25.1. The van der Waals surface area contributed by atoms with E-state index in [1.54, 1.807) is 45.6 Å². The monoisotopic (exact) mass is 584 g/mol. The van der Waals surface area contributed by atoms with Crippen LogP contribution in [0, 0.1) is 29.1 Å². The number of anilines is 1. The average Bonchev–Trinajstić information content (AvgIpc) is 3.39. The van der Waals surface area contributed by atoms with Gasteiger partial charge < -0.3 is 34.5 Å². The first-order valence-corrected chi connectivity index (χ1v) is 15.4. The zero-order chi connectivity index (χ0) is 29.8. The van der Waals surface area contributed by atoms with E-state index in [2.05, 4.69) is 17.1 Å². The molecular weight excluding hydrogens is 540 g/mol. The van der Waals surface area contributed by atoms with Crippen LogP contribution in [0.3, 0.4) is 0 Å². The molecule has 0 radical (unpaired) electrons. The zero-order valence-corrected chi connectivity index (χ0v) is 25.2. The van der Waals surface area contributed by atoms with E-state index in [0.29, 0.717) is 56.4 Å². The zero-order valence-electron chi connectivity index (χ0n) is 25.2. The number of ether oxygens (including phenoxy) is 4. The van der Waals surface area contributed by atoms with Crippen LogP contribution in [-0.2, 0) is 23.7 Å². The lowest BCUT2D eigenvalue weighted by Gasteiger charge is -2.70. The number of fused-ring (bicyclic) bond motifs is 2. The summed E-state index contributed by atoms with van der Waals surface area (Å²) in [5.41, 5.74) is -3.57. The Balaban J connectivity index is 1.38. The average molecular weight is 585 g/mol. The van der Waals surface area contributed by atoms with Crippen LogP contribution in [0.25, 0.3) is 0 Å². The molecule has 6 fully saturated rings. The first kappa shape index (κ1) is 28.7. The van der Waals surface area contributed by atoms with E-state index in [4.69, 9.17) is 18.9 Å². The summed E-state index contributed by atoms with van der Waals surface area (Å²) in [4.78, 5) is 28.3. The highest BCUT2D eigenvalue weighted by atomic mass is 16.6. The molecule has 10 heteroatoms. The molecule has 0 aromatic heterocycles. The number of esters is 1. The van der Waals surface area contributed by atoms with Crippen molar-refractivity contribution in [3.05, 3.63) is 29.8 Å². The quantitative estimate of drug-likeness (QED) is 0.414. The van der Waals surface area contributed by atoms with E-state index in [9.17, 15) is 19.8 Å². The van der Waals surface area contributed by atoms with Gasteiger partial charge in [-0.1, -0.05) is 19.1 Å². The molecule has 7 bridgehead atoms. The maximum atomic E-state index is 14.0. The highest BCUT2D eigenvalue weighted by Gasteiger charge is 2.89. The molecule has 5 aliphatic carbocycles. The highest BCUT2D eigenvalue weighted by molar-refractivity contribution is 6.00. The lowest BCUT2D eigenvalue weighted by Crippen LogP contribution is -2.83. The van der Waals surface area contributed by atoms with Crippen molar-refractivity contribution >= 4 is 17.6 Å². The lowest BCUT2D eigenvalue weighted by atomic mass is 9.44. The van der Waals surface area contributed by atoms with Crippen LogP contribution in [0.1, 0.15) is 56.3 Å². The van der Waals surface area contributed by atoms with Crippen molar-refractivity contribution in [1.29, 1.82) is 0 Å². The SMILES string of the molecule is CCN1C[C@]2(OC(=O)c3ccccc3NC(C)=O)CC[C@H](OC)[C@]34C1C(C[C@H]23)[C@@]1(O)C[C@H](OC)[C@H]2C[C@@H]4[C@]1(O)[C@H]2OC. The molecule has 42 heavy (non-hydrogen) atoms. The van der Waals surface area contributed by atoms with Gasteiger partial charge in [0.2, 0.25) is 5.91 Å². The summed E-state index contributed by atoms with van der Waals surface area (Å²) in [6.07, 6.45) is 1.91. The fourth-order valence-corrected chi connectivity index (χ4v) is 11.6. The molecule has 12 atom stereocenters.